The Morgan fingerprint density at radius 2 is 2.00 bits per heavy atom. The number of carbonyl (C=O) groups excluding carboxylic acids is 1. The number of piperidine rings is 1. The highest BCUT2D eigenvalue weighted by molar-refractivity contribution is 5.99. The Morgan fingerprint density at radius 3 is 2.83 bits per heavy atom. The normalized spacial score (nSPS) is 40.5. The lowest BCUT2D eigenvalue weighted by molar-refractivity contribution is -0.131. The standard InChI is InChI=1S/C24H28N2O4/c1-28-17-10-15-16(11-18(17)29-2)26-21(27)12-19-22-14-9-20-24(15,23(22)26)5-7-25(20)6-3-13(14)4-8-30-19/h4,10-11,14,19-20,22-23H,3,5-9,12H2,1-2H3. The Bertz CT molecular complexity index is 990. The summed E-state index contributed by atoms with van der Waals surface area (Å²) in [5.74, 6) is 2.56. The van der Waals surface area contributed by atoms with E-state index >= 15 is 0 Å². The van der Waals surface area contributed by atoms with Crippen molar-refractivity contribution in [3.05, 3.63) is 29.3 Å². The lowest BCUT2D eigenvalue weighted by atomic mass is 9.55. The number of amides is 1. The molecule has 7 rings (SSSR count). The summed E-state index contributed by atoms with van der Waals surface area (Å²) in [5, 5.41) is 0. The highest BCUT2D eigenvalue weighted by atomic mass is 16.5. The van der Waals surface area contributed by atoms with Gasteiger partial charge in [0.05, 0.1) is 45.1 Å². The van der Waals surface area contributed by atoms with Gasteiger partial charge in [0.25, 0.3) is 0 Å². The van der Waals surface area contributed by atoms with Gasteiger partial charge in [-0.05, 0) is 43.4 Å². The molecule has 6 heteroatoms. The van der Waals surface area contributed by atoms with Gasteiger partial charge in [0.2, 0.25) is 5.91 Å². The first kappa shape index (κ1) is 17.6. The van der Waals surface area contributed by atoms with Gasteiger partial charge in [0.15, 0.2) is 11.5 Å². The molecule has 0 N–H and O–H groups in total. The zero-order valence-electron chi connectivity index (χ0n) is 17.6. The molecule has 6 unspecified atom stereocenters. The molecule has 30 heavy (non-hydrogen) atoms. The van der Waals surface area contributed by atoms with Gasteiger partial charge < -0.3 is 19.1 Å². The van der Waals surface area contributed by atoms with Gasteiger partial charge in [-0.25, -0.2) is 0 Å². The van der Waals surface area contributed by atoms with Crippen LogP contribution in [0.2, 0.25) is 0 Å². The smallest absolute Gasteiger partial charge is 0.229 e. The second kappa shape index (κ2) is 5.80. The molecule has 1 aromatic carbocycles. The minimum Gasteiger partial charge on any atom is -0.493 e. The van der Waals surface area contributed by atoms with Gasteiger partial charge in [-0.1, -0.05) is 11.6 Å². The van der Waals surface area contributed by atoms with E-state index in [0.29, 0.717) is 36.7 Å². The summed E-state index contributed by atoms with van der Waals surface area (Å²) in [6, 6.07) is 4.87. The molecule has 158 valence electrons. The molecule has 5 aliphatic heterocycles. The molecule has 4 fully saturated rings. The summed E-state index contributed by atoms with van der Waals surface area (Å²) in [7, 11) is 3.37. The van der Waals surface area contributed by atoms with Gasteiger partial charge in [-0.3, -0.25) is 9.69 Å². The van der Waals surface area contributed by atoms with Gasteiger partial charge in [-0.15, -0.1) is 0 Å². The number of anilines is 1. The highest BCUT2D eigenvalue weighted by Crippen LogP contribution is 2.66. The third-order valence-corrected chi connectivity index (χ3v) is 9.12. The first-order chi connectivity index (χ1) is 14.7. The van der Waals surface area contributed by atoms with Crippen LogP contribution in [0.15, 0.2) is 23.8 Å². The van der Waals surface area contributed by atoms with Crippen molar-refractivity contribution in [2.75, 3.05) is 38.8 Å². The number of fused-ring (bicyclic) bond motifs is 2. The van der Waals surface area contributed by atoms with E-state index in [1.807, 2.05) is 6.07 Å². The van der Waals surface area contributed by atoms with E-state index in [1.165, 1.54) is 12.0 Å². The van der Waals surface area contributed by atoms with Crippen molar-refractivity contribution in [2.24, 2.45) is 11.8 Å². The molecule has 1 spiro atoms. The van der Waals surface area contributed by atoms with Crippen LogP contribution in [0.5, 0.6) is 11.5 Å². The quantitative estimate of drug-likeness (QED) is 0.704. The molecule has 6 aliphatic rings. The number of benzene rings is 1. The van der Waals surface area contributed by atoms with E-state index in [4.69, 9.17) is 14.2 Å². The van der Waals surface area contributed by atoms with Crippen LogP contribution in [0.4, 0.5) is 5.69 Å². The van der Waals surface area contributed by atoms with Gasteiger partial charge >= 0.3 is 0 Å². The molecule has 3 saturated heterocycles. The third kappa shape index (κ3) is 1.87. The molecule has 1 amide bonds. The van der Waals surface area contributed by atoms with E-state index in [2.05, 4.69) is 21.9 Å². The largest absolute Gasteiger partial charge is 0.493 e. The van der Waals surface area contributed by atoms with Crippen LogP contribution >= 0.6 is 0 Å². The van der Waals surface area contributed by atoms with Crippen LogP contribution in [0.25, 0.3) is 0 Å². The molecular formula is C24H28N2O4. The number of nitrogens with zero attached hydrogens (tertiary/aromatic N) is 2. The molecule has 2 bridgehead atoms. The van der Waals surface area contributed by atoms with Crippen molar-refractivity contribution in [3.63, 3.8) is 0 Å². The van der Waals surface area contributed by atoms with Crippen LogP contribution < -0.4 is 14.4 Å². The first-order valence-electron chi connectivity index (χ1n) is 11.3. The molecule has 0 radical (unpaired) electrons. The topological polar surface area (TPSA) is 51.2 Å². The average molecular weight is 408 g/mol. The zero-order chi connectivity index (χ0) is 20.2. The summed E-state index contributed by atoms with van der Waals surface area (Å²) < 4.78 is 17.7. The maximum absolute atomic E-state index is 13.5. The van der Waals surface area contributed by atoms with Crippen molar-refractivity contribution >= 4 is 11.6 Å². The maximum Gasteiger partial charge on any atom is 0.229 e. The molecule has 1 saturated carbocycles. The zero-order valence-corrected chi connectivity index (χ0v) is 17.6. The second-order valence-corrected chi connectivity index (χ2v) is 9.80. The van der Waals surface area contributed by atoms with Crippen molar-refractivity contribution in [1.29, 1.82) is 0 Å². The fraction of sp³-hybridized carbons (Fsp3) is 0.625. The van der Waals surface area contributed by atoms with Crippen LogP contribution in [0.3, 0.4) is 0 Å². The molecule has 1 aliphatic carbocycles. The van der Waals surface area contributed by atoms with E-state index in [9.17, 15) is 4.79 Å². The number of hydrogen-bond acceptors (Lipinski definition) is 5. The first-order valence-corrected chi connectivity index (χ1v) is 11.3. The third-order valence-electron chi connectivity index (χ3n) is 9.12. The fourth-order valence-corrected chi connectivity index (χ4v) is 8.09. The predicted octanol–water partition coefficient (Wildman–Crippen LogP) is 2.50. The monoisotopic (exact) mass is 408 g/mol. The lowest BCUT2D eigenvalue weighted by Gasteiger charge is -2.55. The van der Waals surface area contributed by atoms with Crippen LogP contribution in [0, 0.1) is 11.8 Å². The minimum absolute atomic E-state index is 0.0283. The van der Waals surface area contributed by atoms with E-state index < -0.39 is 0 Å². The van der Waals surface area contributed by atoms with E-state index in [-0.39, 0.29) is 23.5 Å². The number of ether oxygens (including phenoxy) is 3. The van der Waals surface area contributed by atoms with Crippen LogP contribution in [-0.4, -0.2) is 62.9 Å². The molecule has 6 nitrogen and oxygen atoms in total. The Balaban J connectivity index is 1.52. The number of carbonyl (C=O) groups is 1. The summed E-state index contributed by atoms with van der Waals surface area (Å²) in [6.45, 7) is 2.88. The van der Waals surface area contributed by atoms with Crippen LogP contribution in [0.1, 0.15) is 31.2 Å². The average Bonchev–Trinajstić information content (AvgIpc) is 3.14. The fourth-order valence-electron chi connectivity index (χ4n) is 8.09. The summed E-state index contributed by atoms with van der Waals surface area (Å²) in [4.78, 5) is 18.4. The Labute approximate surface area is 176 Å². The van der Waals surface area contributed by atoms with E-state index in [0.717, 1.165) is 37.4 Å². The van der Waals surface area contributed by atoms with Crippen molar-refractivity contribution in [1.82, 2.24) is 4.90 Å². The molecule has 1 aromatic rings. The van der Waals surface area contributed by atoms with Crippen molar-refractivity contribution < 1.29 is 19.0 Å². The maximum atomic E-state index is 13.5. The van der Waals surface area contributed by atoms with Gasteiger partial charge in [-0.2, -0.15) is 0 Å². The minimum atomic E-state index is -0.0342. The molecular weight excluding hydrogens is 380 g/mol. The Kier molecular flexibility index (Phi) is 3.40. The summed E-state index contributed by atoms with van der Waals surface area (Å²) >= 11 is 0. The van der Waals surface area contributed by atoms with Crippen LogP contribution in [-0.2, 0) is 14.9 Å². The highest BCUT2D eigenvalue weighted by Gasteiger charge is 2.70. The number of methoxy groups -OCH3 is 2. The van der Waals surface area contributed by atoms with E-state index in [1.54, 1.807) is 19.8 Å². The number of rotatable bonds is 2. The summed E-state index contributed by atoms with van der Waals surface area (Å²) in [5.41, 5.74) is 3.88. The van der Waals surface area contributed by atoms with Crippen molar-refractivity contribution in [2.45, 2.75) is 49.3 Å². The Hall–Kier alpha value is -2.05. The Morgan fingerprint density at radius 1 is 1.17 bits per heavy atom. The van der Waals surface area contributed by atoms with Crippen molar-refractivity contribution in [3.8, 4) is 11.5 Å². The van der Waals surface area contributed by atoms with Gasteiger partial charge in [0, 0.05) is 30.0 Å². The molecule has 6 atom stereocenters. The number of hydrogen-bond donors (Lipinski definition) is 0. The lowest BCUT2D eigenvalue weighted by Crippen LogP contribution is -2.67. The SMILES string of the molecule is COc1cc2c(cc1OC)C13CCN4CCC5=CCOC6CC(=O)N2C1C6C5CC43. The molecule has 5 heterocycles. The molecule has 0 aromatic heterocycles. The summed E-state index contributed by atoms with van der Waals surface area (Å²) in [6.07, 6.45) is 6.27. The van der Waals surface area contributed by atoms with Gasteiger partial charge in [0.1, 0.15) is 0 Å². The second-order valence-electron chi connectivity index (χ2n) is 9.80. The predicted molar refractivity (Wildman–Crippen MR) is 111 cm³/mol.